The minimum absolute atomic E-state index is 0.115. The van der Waals surface area contributed by atoms with Crippen LogP contribution in [-0.2, 0) is 13.0 Å². The van der Waals surface area contributed by atoms with Gasteiger partial charge >= 0.3 is 0 Å². The summed E-state index contributed by atoms with van der Waals surface area (Å²) in [4.78, 5) is 6.99. The Kier molecular flexibility index (Phi) is 4.67. The average Bonchev–Trinajstić information content (AvgIpc) is 3.06. The number of rotatable bonds is 5. The van der Waals surface area contributed by atoms with E-state index in [1.807, 2.05) is 0 Å². The predicted molar refractivity (Wildman–Crippen MR) is 84.8 cm³/mol. The van der Waals surface area contributed by atoms with E-state index in [1.54, 1.807) is 6.07 Å². The number of alkyl halides is 1. The van der Waals surface area contributed by atoms with Gasteiger partial charge in [-0.25, -0.2) is 9.37 Å². The first-order valence-corrected chi connectivity index (χ1v) is 8.23. The van der Waals surface area contributed by atoms with Crippen LogP contribution in [0.5, 0.6) is 0 Å². The number of hydrogen-bond acceptors (Lipinski definition) is 2. The maximum absolute atomic E-state index is 13.8. The molecule has 1 aliphatic rings. The highest BCUT2D eigenvalue weighted by Gasteiger charge is 2.16. The lowest BCUT2D eigenvalue weighted by Gasteiger charge is -2.16. The lowest BCUT2D eigenvalue weighted by molar-refractivity contribution is 0.322. The topological polar surface area (TPSA) is 21.1 Å². The van der Waals surface area contributed by atoms with Crippen molar-refractivity contribution in [1.29, 1.82) is 0 Å². The van der Waals surface area contributed by atoms with Crippen LogP contribution in [0.25, 0.3) is 11.0 Å². The molecule has 21 heavy (non-hydrogen) atoms. The summed E-state index contributed by atoms with van der Waals surface area (Å²) in [6.07, 6.45) is 3.21. The maximum atomic E-state index is 13.8. The van der Waals surface area contributed by atoms with E-state index in [2.05, 4.69) is 14.5 Å². The van der Waals surface area contributed by atoms with Crippen LogP contribution in [0.4, 0.5) is 4.39 Å². The van der Waals surface area contributed by atoms with E-state index in [0.29, 0.717) is 12.3 Å². The minimum atomic E-state index is -0.399. The van der Waals surface area contributed by atoms with Crippen molar-refractivity contribution in [2.24, 2.45) is 0 Å². The van der Waals surface area contributed by atoms with Gasteiger partial charge in [0.1, 0.15) is 11.6 Å². The first-order chi connectivity index (χ1) is 10.2. The Morgan fingerprint density at radius 2 is 1.95 bits per heavy atom. The summed E-state index contributed by atoms with van der Waals surface area (Å²) in [6.45, 7) is 4.07. The van der Waals surface area contributed by atoms with Gasteiger partial charge in [0.25, 0.3) is 0 Å². The monoisotopic (exact) mass is 329 g/mol. The second kappa shape index (κ2) is 6.51. The standard InChI is InChI=1S/C15H18Cl2FN3/c16-4-3-15-19-13-9-11(17)12(18)10-14(13)21(15)8-7-20-5-1-2-6-20/h9-10H,1-8H2. The summed E-state index contributed by atoms with van der Waals surface area (Å²) < 4.78 is 15.8. The van der Waals surface area contributed by atoms with Gasteiger partial charge in [-0.05, 0) is 32.0 Å². The van der Waals surface area contributed by atoms with Gasteiger partial charge in [0.05, 0.1) is 16.1 Å². The predicted octanol–water partition coefficient (Wildman–Crippen LogP) is 3.71. The molecule has 0 aliphatic carbocycles. The van der Waals surface area contributed by atoms with Crippen LogP contribution in [0.15, 0.2) is 12.1 Å². The molecule has 1 aromatic carbocycles. The van der Waals surface area contributed by atoms with Crippen molar-refractivity contribution in [3.05, 3.63) is 28.8 Å². The van der Waals surface area contributed by atoms with Gasteiger partial charge in [0.2, 0.25) is 0 Å². The zero-order valence-corrected chi connectivity index (χ0v) is 13.3. The molecule has 0 atom stereocenters. The minimum Gasteiger partial charge on any atom is -0.327 e. The molecule has 1 aliphatic heterocycles. The van der Waals surface area contributed by atoms with E-state index in [1.165, 1.54) is 18.9 Å². The Balaban J connectivity index is 1.92. The average molecular weight is 330 g/mol. The van der Waals surface area contributed by atoms with Crippen LogP contribution >= 0.6 is 23.2 Å². The van der Waals surface area contributed by atoms with Crippen molar-refractivity contribution >= 4 is 34.2 Å². The number of aryl methyl sites for hydroxylation is 1. The van der Waals surface area contributed by atoms with E-state index in [4.69, 9.17) is 23.2 Å². The molecule has 3 nitrogen and oxygen atoms in total. The molecule has 0 amide bonds. The van der Waals surface area contributed by atoms with Crippen molar-refractivity contribution in [2.45, 2.75) is 25.8 Å². The number of imidazole rings is 1. The highest BCUT2D eigenvalue weighted by atomic mass is 35.5. The molecule has 0 bridgehead atoms. The summed E-state index contributed by atoms with van der Waals surface area (Å²) in [5.41, 5.74) is 1.54. The number of hydrogen-bond donors (Lipinski definition) is 0. The Morgan fingerprint density at radius 3 is 2.67 bits per heavy atom. The Morgan fingerprint density at radius 1 is 1.19 bits per heavy atom. The second-order valence-electron chi connectivity index (χ2n) is 5.42. The highest BCUT2D eigenvalue weighted by Crippen LogP contribution is 2.24. The molecule has 0 radical (unpaired) electrons. The third-order valence-corrected chi connectivity index (χ3v) is 4.50. The van der Waals surface area contributed by atoms with Gasteiger partial charge in [0.15, 0.2) is 0 Å². The molecular weight excluding hydrogens is 312 g/mol. The lowest BCUT2D eigenvalue weighted by Crippen LogP contribution is -2.24. The van der Waals surface area contributed by atoms with Gasteiger partial charge in [0, 0.05) is 31.5 Å². The Bertz CT molecular complexity index is 635. The van der Waals surface area contributed by atoms with Gasteiger partial charge in [-0.15, -0.1) is 11.6 Å². The fraction of sp³-hybridized carbons (Fsp3) is 0.533. The van der Waals surface area contributed by atoms with E-state index < -0.39 is 5.82 Å². The SMILES string of the molecule is Fc1cc2c(cc1Cl)nc(CCCl)n2CCN1CCCC1. The summed E-state index contributed by atoms with van der Waals surface area (Å²) >= 11 is 11.7. The summed E-state index contributed by atoms with van der Waals surface area (Å²) in [5, 5.41) is 0.115. The molecule has 1 saturated heterocycles. The van der Waals surface area contributed by atoms with Crippen molar-refractivity contribution < 1.29 is 4.39 Å². The first kappa shape index (κ1) is 15.1. The molecule has 1 fully saturated rings. The fourth-order valence-corrected chi connectivity index (χ4v) is 3.27. The number of fused-ring (bicyclic) bond motifs is 1. The fourth-order valence-electron chi connectivity index (χ4n) is 2.94. The highest BCUT2D eigenvalue weighted by molar-refractivity contribution is 6.31. The number of benzene rings is 1. The van der Waals surface area contributed by atoms with E-state index in [-0.39, 0.29) is 5.02 Å². The third kappa shape index (κ3) is 3.17. The largest absolute Gasteiger partial charge is 0.327 e. The van der Waals surface area contributed by atoms with Crippen molar-refractivity contribution in [2.75, 3.05) is 25.5 Å². The summed E-state index contributed by atoms with van der Waals surface area (Å²) in [5.74, 6) is 1.01. The quantitative estimate of drug-likeness (QED) is 0.780. The van der Waals surface area contributed by atoms with Crippen LogP contribution < -0.4 is 0 Å². The normalized spacial score (nSPS) is 16.1. The summed E-state index contributed by atoms with van der Waals surface area (Å²) in [7, 11) is 0. The van der Waals surface area contributed by atoms with E-state index >= 15 is 0 Å². The lowest BCUT2D eigenvalue weighted by atomic mass is 10.3. The van der Waals surface area contributed by atoms with E-state index in [0.717, 1.165) is 43.0 Å². The van der Waals surface area contributed by atoms with Crippen LogP contribution in [0.3, 0.4) is 0 Å². The second-order valence-corrected chi connectivity index (χ2v) is 6.21. The zero-order chi connectivity index (χ0) is 14.8. The maximum Gasteiger partial charge on any atom is 0.144 e. The van der Waals surface area contributed by atoms with Crippen LogP contribution in [0.1, 0.15) is 18.7 Å². The third-order valence-electron chi connectivity index (χ3n) is 4.03. The van der Waals surface area contributed by atoms with Crippen molar-refractivity contribution in [1.82, 2.24) is 14.5 Å². The molecule has 2 heterocycles. The van der Waals surface area contributed by atoms with Crippen molar-refractivity contribution in [3.63, 3.8) is 0 Å². The number of aromatic nitrogens is 2. The molecule has 114 valence electrons. The van der Waals surface area contributed by atoms with Crippen LogP contribution in [0, 0.1) is 5.82 Å². The van der Waals surface area contributed by atoms with E-state index in [9.17, 15) is 4.39 Å². The first-order valence-electron chi connectivity index (χ1n) is 7.31. The van der Waals surface area contributed by atoms with Gasteiger partial charge in [-0.2, -0.15) is 0 Å². The van der Waals surface area contributed by atoms with Gasteiger partial charge in [-0.1, -0.05) is 11.6 Å². The van der Waals surface area contributed by atoms with Crippen molar-refractivity contribution in [3.8, 4) is 0 Å². The molecule has 0 saturated carbocycles. The number of nitrogens with zero attached hydrogens (tertiary/aromatic N) is 3. The summed E-state index contributed by atoms with van der Waals surface area (Å²) in [6, 6.07) is 3.07. The number of halogens is 3. The Labute approximate surface area is 133 Å². The molecule has 1 aromatic heterocycles. The van der Waals surface area contributed by atoms with Crippen LogP contribution in [-0.4, -0.2) is 40.0 Å². The molecule has 0 N–H and O–H groups in total. The molecule has 3 rings (SSSR count). The van der Waals surface area contributed by atoms with Crippen LogP contribution in [0.2, 0.25) is 5.02 Å². The smallest absolute Gasteiger partial charge is 0.144 e. The van der Waals surface area contributed by atoms with Gasteiger partial charge < -0.3 is 9.47 Å². The molecule has 6 heteroatoms. The molecule has 0 spiro atoms. The molecule has 0 unspecified atom stereocenters. The number of likely N-dealkylation sites (tertiary alicyclic amines) is 1. The Hall–Kier alpha value is -0.840. The van der Waals surface area contributed by atoms with Gasteiger partial charge in [-0.3, -0.25) is 0 Å². The molecule has 2 aromatic rings. The molecular formula is C15H18Cl2FN3. The zero-order valence-electron chi connectivity index (χ0n) is 11.8.